The van der Waals surface area contributed by atoms with E-state index in [1.165, 1.54) is 13.3 Å². The second-order valence-electron chi connectivity index (χ2n) is 6.66. The number of carbonyl (C=O) groups is 1. The largest absolute Gasteiger partial charge is 0.480 e. The molecule has 2 heterocycles. The number of urea groups is 1. The van der Waals surface area contributed by atoms with E-state index in [0.29, 0.717) is 24.8 Å². The molecule has 1 saturated heterocycles. The summed E-state index contributed by atoms with van der Waals surface area (Å²) in [6, 6.07) is 19.2. The third-order valence-corrected chi connectivity index (χ3v) is 4.72. The highest BCUT2D eigenvalue weighted by atomic mass is 16.5. The summed E-state index contributed by atoms with van der Waals surface area (Å²) < 4.78 is 11.0. The van der Waals surface area contributed by atoms with Crippen LogP contribution in [-0.2, 0) is 0 Å². The molecule has 2 aromatic carbocycles. The van der Waals surface area contributed by atoms with Crippen LogP contribution >= 0.6 is 0 Å². The van der Waals surface area contributed by atoms with Gasteiger partial charge in [-0.05, 0) is 24.3 Å². The Morgan fingerprint density at radius 2 is 1.62 bits per heavy atom. The molecule has 0 aliphatic carbocycles. The molecule has 0 bridgehead atoms. The molecule has 2 amide bonds. The van der Waals surface area contributed by atoms with Gasteiger partial charge in [-0.3, -0.25) is 9.88 Å². The van der Waals surface area contributed by atoms with Gasteiger partial charge < -0.3 is 14.4 Å². The lowest BCUT2D eigenvalue weighted by molar-refractivity contribution is 0.186. The minimum absolute atomic E-state index is 0.0785. The molecule has 1 unspecified atom stereocenters. The van der Waals surface area contributed by atoms with Crippen LogP contribution in [-0.4, -0.2) is 47.2 Å². The van der Waals surface area contributed by atoms with Crippen LogP contribution in [0, 0.1) is 0 Å². The van der Waals surface area contributed by atoms with Gasteiger partial charge in [-0.15, -0.1) is 0 Å². The first-order valence-corrected chi connectivity index (χ1v) is 9.46. The number of aromatic nitrogens is 2. The zero-order chi connectivity index (χ0) is 20.1. The van der Waals surface area contributed by atoms with Crippen LogP contribution in [0.5, 0.6) is 11.8 Å². The van der Waals surface area contributed by atoms with Gasteiger partial charge in [0.15, 0.2) is 0 Å². The summed E-state index contributed by atoms with van der Waals surface area (Å²) in [5, 5.41) is 0. The number of para-hydroxylation sites is 2. The molecular formula is C22H22N4O3. The van der Waals surface area contributed by atoms with Crippen molar-refractivity contribution in [3.05, 3.63) is 73.1 Å². The van der Waals surface area contributed by atoms with Gasteiger partial charge >= 0.3 is 6.03 Å². The normalized spacial score (nSPS) is 15.8. The smallest absolute Gasteiger partial charge is 0.329 e. The molecule has 0 N–H and O–H groups in total. The number of ether oxygens (including phenoxy) is 2. The van der Waals surface area contributed by atoms with Crippen molar-refractivity contribution >= 4 is 17.4 Å². The number of carbonyl (C=O) groups excluding carboxylic acids is 1. The number of hydrogen-bond donors (Lipinski definition) is 0. The topological polar surface area (TPSA) is 67.8 Å². The van der Waals surface area contributed by atoms with E-state index in [9.17, 15) is 4.79 Å². The van der Waals surface area contributed by atoms with Crippen molar-refractivity contribution in [2.75, 3.05) is 25.1 Å². The Bertz CT molecular complexity index is 913. The highest BCUT2D eigenvalue weighted by Gasteiger charge is 2.32. The summed E-state index contributed by atoms with van der Waals surface area (Å²) in [4.78, 5) is 25.2. The highest BCUT2D eigenvalue weighted by Crippen LogP contribution is 2.28. The van der Waals surface area contributed by atoms with Crippen LogP contribution in [0.2, 0.25) is 0 Å². The van der Waals surface area contributed by atoms with E-state index in [1.54, 1.807) is 16.0 Å². The van der Waals surface area contributed by atoms with E-state index in [-0.39, 0.29) is 12.1 Å². The number of hydrogen-bond acceptors (Lipinski definition) is 5. The second kappa shape index (κ2) is 8.60. The highest BCUT2D eigenvalue weighted by molar-refractivity contribution is 5.99. The van der Waals surface area contributed by atoms with Gasteiger partial charge in [-0.25, -0.2) is 4.79 Å². The van der Waals surface area contributed by atoms with Gasteiger partial charge in [0.1, 0.15) is 6.10 Å². The minimum Gasteiger partial charge on any atom is -0.480 e. The summed E-state index contributed by atoms with van der Waals surface area (Å²) in [5.41, 5.74) is 1.65. The second-order valence-corrected chi connectivity index (χ2v) is 6.66. The molecule has 0 saturated carbocycles. The first-order chi connectivity index (χ1) is 14.2. The monoisotopic (exact) mass is 390 g/mol. The van der Waals surface area contributed by atoms with E-state index in [4.69, 9.17) is 9.47 Å². The Morgan fingerprint density at radius 3 is 2.24 bits per heavy atom. The lowest BCUT2D eigenvalue weighted by Gasteiger charge is -2.28. The number of rotatable bonds is 5. The van der Waals surface area contributed by atoms with Crippen LogP contribution in [0.4, 0.5) is 16.2 Å². The van der Waals surface area contributed by atoms with Gasteiger partial charge in [-0.1, -0.05) is 36.4 Å². The number of nitrogens with zero attached hydrogens (tertiary/aromatic N) is 4. The number of amides is 2. The van der Waals surface area contributed by atoms with Crippen molar-refractivity contribution in [3.63, 3.8) is 0 Å². The van der Waals surface area contributed by atoms with Crippen molar-refractivity contribution in [2.24, 2.45) is 0 Å². The SMILES string of the molecule is COc1cncc(OC2CCN(C(=O)N(c3ccccc3)c3ccccc3)C2)n1. The molecule has 148 valence electrons. The van der Waals surface area contributed by atoms with Crippen molar-refractivity contribution < 1.29 is 14.3 Å². The Balaban J connectivity index is 1.50. The van der Waals surface area contributed by atoms with Crippen molar-refractivity contribution in [1.29, 1.82) is 0 Å². The third-order valence-electron chi connectivity index (χ3n) is 4.72. The predicted molar refractivity (Wildman–Crippen MR) is 110 cm³/mol. The summed E-state index contributed by atoms with van der Waals surface area (Å²) in [7, 11) is 1.53. The quantitative estimate of drug-likeness (QED) is 0.661. The molecular weight excluding hydrogens is 368 g/mol. The van der Waals surface area contributed by atoms with E-state index in [1.807, 2.05) is 60.7 Å². The van der Waals surface area contributed by atoms with E-state index in [0.717, 1.165) is 17.8 Å². The number of methoxy groups -OCH3 is 1. The summed E-state index contributed by atoms with van der Waals surface area (Å²) in [5.74, 6) is 0.791. The van der Waals surface area contributed by atoms with Crippen LogP contribution < -0.4 is 14.4 Å². The number of anilines is 2. The molecule has 1 aromatic heterocycles. The molecule has 4 rings (SSSR count). The molecule has 1 aliphatic rings. The fourth-order valence-corrected chi connectivity index (χ4v) is 3.32. The molecule has 29 heavy (non-hydrogen) atoms. The Hall–Kier alpha value is -3.61. The Labute approximate surface area is 169 Å². The fourth-order valence-electron chi connectivity index (χ4n) is 3.32. The summed E-state index contributed by atoms with van der Waals surface area (Å²) in [6.45, 7) is 1.09. The minimum atomic E-state index is -0.145. The average Bonchev–Trinajstić information content (AvgIpc) is 3.24. The average molecular weight is 390 g/mol. The first kappa shape index (κ1) is 18.7. The zero-order valence-corrected chi connectivity index (χ0v) is 16.1. The first-order valence-electron chi connectivity index (χ1n) is 9.46. The number of likely N-dealkylation sites (tertiary alicyclic amines) is 1. The Morgan fingerprint density at radius 1 is 1.00 bits per heavy atom. The maximum absolute atomic E-state index is 13.4. The van der Waals surface area contributed by atoms with Crippen molar-refractivity contribution in [1.82, 2.24) is 14.9 Å². The third kappa shape index (κ3) is 4.29. The fraction of sp³-hybridized carbons (Fsp3) is 0.227. The molecule has 1 atom stereocenters. The predicted octanol–water partition coefficient (Wildman–Crippen LogP) is 3.90. The van der Waals surface area contributed by atoms with Crippen LogP contribution in [0.3, 0.4) is 0 Å². The van der Waals surface area contributed by atoms with Crippen LogP contribution in [0.25, 0.3) is 0 Å². The van der Waals surface area contributed by atoms with Gasteiger partial charge in [-0.2, -0.15) is 4.98 Å². The van der Waals surface area contributed by atoms with Gasteiger partial charge in [0.2, 0.25) is 11.8 Å². The standard InChI is InChI=1S/C22H22N4O3/c1-28-20-14-23-15-21(24-20)29-19-12-13-25(16-19)22(27)26(17-8-4-2-5-9-17)18-10-6-3-7-11-18/h2-11,14-15,19H,12-13,16H2,1H3. The number of benzene rings is 2. The van der Waals surface area contributed by atoms with Crippen LogP contribution in [0.1, 0.15) is 6.42 Å². The summed E-state index contributed by atoms with van der Waals surface area (Å²) in [6.07, 6.45) is 3.65. The van der Waals surface area contributed by atoms with E-state index in [2.05, 4.69) is 9.97 Å². The molecule has 7 nitrogen and oxygen atoms in total. The lowest BCUT2D eigenvalue weighted by atomic mass is 10.2. The van der Waals surface area contributed by atoms with E-state index < -0.39 is 0 Å². The van der Waals surface area contributed by atoms with Crippen molar-refractivity contribution in [2.45, 2.75) is 12.5 Å². The molecule has 3 aromatic rings. The molecule has 7 heteroatoms. The molecule has 1 fully saturated rings. The van der Waals surface area contributed by atoms with Gasteiger partial charge in [0, 0.05) is 13.0 Å². The summed E-state index contributed by atoms with van der Waals surface area (Å²) >= 11 is 0. The lowest BCUT2D eigenvalue weighted by Crippen LogP contribution is -2.40. The van der Waals surface area contributed by atoms with Gasteiger partial charge in [0.25, 0.3) is 0 Å². The molecule has 0 spiro atoms. The maximum atomic E-state index is 13.4. The van der Waals surface area contributed by atoms with E-state index >= 15 is 0 Å². The van der Waals surface area contributed by atoms with Crippen molar-refractivity contribution in [3.8, 4) is 11.8 Å². The maximum Gasteiger partial charge on any atom is 0.329 e. The molecule has 0 radical (unpaired) electrons. The van der Waals surface area contributed by atoms with Gasteiger partial charge in [0.05, 0.1) is 37.4 Å². The zero-order valence-electron chi connectivity index (χ0n) is 16.1. The van der Waals surface area contributed by atoms with Crippen LogP contribution in [0.15, 0.2) is 73.1 Å². The molecule has 1 aliphatic heterocycles. The Kier molecular flexibility index (Phi) is 5.56.